The molecule has 0 bridgehead atoms. The van der Waals surface area contributed by atoms with Gasteiger partial charge < -0.3 is 10.1 Å². The van der Waals surface area contributed by atoms with Gasteiger partial charge in [0.2, 0.25) is 5.91 Å². The van der Waals surface area contributed by atoms with Crippen molar-refractivity contribution in [3.63, 3.8) is 0 Å². The van der Waals surface area contributed by atoms with Crippen molar-refractivity contribution < 1.29 is 9.53 Å². The second-order valence-electron chi connectivity index (χ2n) is 7.25. The Morgan fingerprint density at radius 3 is 3.00 bits per heavy atom. The van der Waals surface area contributed by atoms with Gasteiger partial charge >= 0.3 is 0 Å². The summed E-state index contributed by atoms with van der Waals surface area (Å²) in [5, 5.41) is 3.14. The minimum absolute atomic E-state index is 0.151. The van der Waals surface area contributed by atoms with E-state index in [0.29, 0.717) is 24.5 Å². The molecule has 1 aromatic rings. The van der Waals surface area contributed by atoms with Crippen LogP contribution in [0.3, 0.4) is 0 Å². The summed E-state index contributed by atoms with van der Waals surface area (Å²) in [6.07, 6.45) is 9.10. The number of hydrogen-bond donors (Lipinski definition) is 1. The average Bonchev–Trinajstić information content (AvgIpc) is 3.17. The Kier molecular flexibility index (Phi) is 5.85. The summed E-state index contributed by atoms with van der Waals surface area (Å²) in [7, 11) is 2.15. The Labute approximate surface area is 144 Å². The molecule has 2 saturated heterocycles. The van der Waals surface area contributed by atoms with Crippen molar-refractivity contribution >= 4 is 5.91 Å². The molecular formula is C19H29N3O2. The van der Waals surface area contributed by atoms with E-state index in [0.717, 1.165) is 38.8 Å². The lowest BCUT2D eigenvalue weighted by Gasteiger charge is -2.25. The van der Waals surface area contributed by atoms with Crippen LogP contribution < -0.4 is 5.32 Å². The van der Waals surface area contributed by atoms with Crippen molar-refractivity contribution in [2.24, 2.45) is 5.92 Å². The first-order valence-corrected chi connectivity index (χ1v) is 9.16. The lowest BCUT2D eigenvalue weighted by Crippen LogP contribution is -2.32. The van der Waals surface area contributed by atoms with Crippen LogP contribution in [0, 0.1) is 5.92 Å². The molecule has 3 heterocycles. The SMILES string of the molecule is C[C@H]1CC[C@@H](CCC(=O)NC[C@@H]2CCN(C)[C@H]2c2cccnc2)O1. The molecule has 2 aliphatic heterocycles. The van der Waals surface area contributed by atoms with Crippen LogP contribution in [0.4, 0.5) is 0 Å². The molecule has 0 unspecified atom stereocenters. The van der Waals surface area contributed by atoms with Gasteiger partial charge in [-0.3, -0.25) is 14.7 Å². The van der Waals surface area contributed by atoms with E-state index in [1.807, 2.05) is 12.3 Å². The van der Waals surface area contributed by atoms with Gasteiger partial charge in [-0.2, -0.15) is 0 Å². The van der Waals surface area contributed by atoms with Gasteiger partial charge in [-0.05, 0) is 63.7 Å². The number of likely N-dealkylation sites (tertiary alicyclic amines) is 1. The summed E-state index contributed by atoms with van der Waals surface area (Å²) in [6.45, 7) is 3.91. The highest BCUT2D eigenvalue weighted by Gasteiger charge is 2.33. The number of pyridine rings is 1. The maximum atomic E-state index is 12.2. The summed E-state index contributed by atoms with van der Waals surface area (Å²) in [6, 6.07) is 4.46. The fraction of sp³-hybridized carbons (Fsp3) is 0.684. The molecule has 1 amide bonds. The molecule has 2 fully saturated rings. The first-order chi connectivity index (χ1) is 11.6. The number of nitrogens with one attached hydrogen (secondary N) is 1. The normalized spacial score (nSPS) is 30.6. The fourth-order valence-corrected chi connectivity index (χ4v) is 4.04. The van der Waals surface area contributed by atoms with Gasteiger partial charge in [-0.15, -0.1) is 0 Å². The number of nitrogens with zero attached hydrogens (tertiary/aromatic N) is 2. The van der Waals surface area contributed by atoms with Crippen LogP contribution in [0.2, 0.25) is 0 Å². The predicted octanol–water partition coefficient (Wildman–Crippen LogP) is 2.54. The van der Waals surface area contributed by atoms with Crippen LogP contribution >= 0.6 is 0 Å². The lowest BCUT2D eigenvalue weighted by molar-refractivity contribution is -0.122. The van der Waals surface area contributed by atoms with E-state index in [1.54, 1.807) is 6.20 Å². The molecule has 1 aromatic heterocycles. The smallest absolute Gasteiger partial charge is 0.220 e. The molecular weight excluding hydrogens is 302 g/mol. The Bertz CT molecular complexity index is 537. The van der Waals surface area contributed by atoms with Gasteiger partial charge in [0.05, 0.1) is 12.2 Å². The number of ether oxygens (including phenoxy) is 1. The van der Waals surface area contributed by atoms with Gasteiger partial charge in [-0.25, -0.2) is 0 Å². The molecule has 3 rings (SSSR count). The third-order valence-electron chi connectivity index (χ3n) is 5.37. The van der Waals surface area contributed by atoms with Gasteiger partial charge in [0.15, 0.2) is 0 Å². The zero-order valence-electron chi connectivity index (χ0n) is 14.8. The molecule has 5 heteroatoms. The number of rotatable bonds is 6. The third kappa shape index (κ3) is 4.33. The van der Waals surface area contributed by atoms with E-state index < -0.39 is 0 Å². The summed E-state index contributed by atoms with van der Waals surface area (Å²) in [4.78, 5) is 18.8. The Balaban J connectivity index is 1.46. The van der Waals surface area contributed by atoms with E-state index in [9.17, 15) is 4.79 Å². The summed E-state index contributed by atoms with van der Waals surface area (Å²) < 4.78 is 5.78. The molecule has 132 valence electrons. The molecule has 0 saturated carbocycles. The van der Waals surface area contributed by atoms with E-state index >= 15 is 0 Å². The minimum atomic E-state index is 0.151. The zero-order valence-corrected chi connectivity index (χ0v) is 14.8. The minimum Gasteiger partial charge on any atom is -0.375 e. The van der Waals surface area contributed by atoms with Gasteiger partial charge in [-0.1, -0.05) is 6.07 Å². The predicted molar refractivity (Wildman–Crippen MR) is 93.5 cm³/mol. The topological polar surface area (TPSA) is 54.5 Å². The summed E-state index contributed by atoms with van der Waals surface area (Å²) in [5.74, 6) is 0.601. The van der Waals surface area contributed by atoms with Gasteiger partial charge in [0, 0.05) is 31.4 Å². The number of hydrogen-bond acceptors (Lipinski definition) is 4. The van der Waals surface area contributed by atoms with E-state index in [4.69, 9.17) is 4.74 Å². The number of aromatic nitrogens is 1. The van der Waals surface area contributed by atoms with E-state index in [2.05, 4.69) is 35.2 Å². The van der Waals surface area contributed by atoms with Crippen LogP contribution in [0.15, 0.2) is 24.5 Å². The van der Waals surface area contributed by atoms with Crippen LogP contribution in [0.5, 0.6) is 0 Å². The second kappa shape index (κ2) is 8.08. The molecule has 5 nitrogen and oxygen atoms in total. The highest BCUT2D eigenvalue weighted by molar-refractivity contribution is 5.75. The summed E-state index contributed by atoms with van der Waals surface area (Å²) >= 11 is 0. The zero-order chi connectivity index (χ0) is 16.9. The number of amides is 1. The van der Waals surface area contributed by atoms with E-state index in [1.165, 1.54) is 5.56 Å². The van der Waals surface area contributed by atoms with Crippen LogP contribution in [0.1, 0.15) is 50.6 Å². The molecule has 24 heavy (non-hydrogen) atoms. The quantitative estimate of drug-likeness (QED) is 0.870. The van der Waals surface area contributed by atoms with Crippen LogP contribution in [-0.2, 0) is 9.53 Å². The van der Waals surface area contributed by atoms with Crippen molar-refractivity contribution in [1.29, 1.82) is 0 Å². The van der Waals surface area contributed by atoms with Gasteiger partial charge in [0.1, 0.15) is 0 Å². The maximum Gasteiger partial charge on any atom is 0.220 e. The third-order valence-corrected chi connectivity index (χ3v) is 5.37. The average molecular weight is 331 g/mol. The van der Waals surface area contributed by atoms with Crippen LogP contribution in [0.25, 0.3) is 0 Å². The molecule has 4 atom stereocenters. The molecule has 0 spiro atoms. The van der Waals surface area contributed by atoms with Crippen molar-refractivity contribution in [2.45, 2.75) is 57.3 Å². The number of carbonyl (C=O) groups excluding carboxylic acids is 1. The molecule has 0 radical (unpaired) electrons. The Morgan fingerprint density at radius 1 is 1.42 bits per heavy atom. The van der Waals surface area contributed by atoms with E-state index in [-0.39, 0.29) is 12.0 Å². The van der Waals surface area contributed by atoms with Crippen molar-refractivity contribution in [3.8, 4) is 0 Å². The molecule has 2 aliphatic rings. The Morgan fingerprint density at radius 2 is 2.29 bits per heavy atom. The van der Waals surface area contributed by atoms with Crippen molar-refractivity contribution in [2.75, 3.05) is 20.1 Å². The molecule has 0 aliphatic carbocycles. The van der Waals surface area contributed by atoms with Crippen molar-refractivity contribution in [3.05, 3.63) is 30.1 Å². The van der Waals surface area contributed by atoms with Crippen molar-refractivity contribution in [1.82, 2.24) is 15.2 Å². The molecule has 1 N–H and O–H groups in total. The fourth-order valence-electron chi connectivity index (χ4n) is 4.04. The largest absolute Gasteiger partial charge is 0.375 e. The summed E-state index contributed by atoms with van der Waals surface area (Å²) in [5.41, 5.74) is 1.24. The van der Waals surface area contributed by atoms with Crippen LogP contribution in [-0.4, -0.2) is 48.1 Å². The Hall–Kier alpha value is -1.46. The number of carbonyl (C=O) groups is 1. The monoisotopic (exact) mass is 331 g/mol. The standard InChI is InChI=1S/C19H29N3O2/c1-14-5-6-17(24-14)7-8-18(23)21-13-16-9-11-22(2)19(16)15-4-3-10-20-12-15/h3-4,10,12,14,16-17,19H,5-9,11,13H2,1-2H3,(H,21,23)/t14-,16-,17-,19-/m0/s1. The first kappa shape index (κ1) is 17.4. The first-order valence-electron chi connectivity index (χ1n) is 9.16. The van der Waals surface area contributed by atoms with Gasteiger partial charge in [0.25, 0.3) is 0 Å². The lowest BCUT2D eigenvalue weighted by atomic mass is 9.94. The maximum absolute atomic E-state index is 12.2. The highest BCUT2D eigenvalue weighted by atomic mass is 16.5. The second-order valence-corrected chi connectivity index (χ2v) is 7.25. The highest BCUT2D eigenvalue weighted by Crippen LogP contribution is 2.35. The molecule has 0 aromatic carbocycles.